The molecule has 0 aromatic heterocycles. The number of esters is 1. The van der Waals surface area contributed by atoms with Crippen molar-refractivity contribution < 1.29 is 23.9 Å². The Hall–Kier alpha value is -3.00. The number of benzene rings is 2. The van der Waals surface area contributed by atoms with E-state index in [1.54, 1.807) is 48.5 Å². The van der Waals surface area contributed by atoms with Crippen LogP contribution in [0, 0.1) is 0 Å². The van der Waals surface area contributed by atoms with E-state index in [1.807, 2.05) is 0 Å². The van der Waals surface area contributed by atoms with Gasteiger partial charge in [-0.1, -0.05) is 34.1 Å². The second-order valence-corrected chi connectivity index (χ2v) is 6.99. The predicted molar refractivity (Wildman–Crippen MR) is 104 cm³/mol. The van der Waals surface area contributed by atoms with Crippen LogP contribution in [0.3, 0.4) is 0 Å². The van der Waals surface area contributed by atoms with Gasteiger partial charge in [-0.2, -0.15) is 0 Å². The molecule has 28 heavy (non-hydrogen) atoms. The molecule has 1 heterocycles. The average Bonchev–Trinajstić information content (AvgIpc) is 2.94. The molecule has 0 saturated carbocycles. The van der Waals surface area contributed by atoms with Gasteiger partial charge >= 0.3 is 5.97 Å². The molecule has 1 N–H and O–H groups in total. The molecular formula is C20H17BrN2O5. The van der Waals surface area contributed by atoms with Crippen molar-refractivity contribution in [3.8, 4) is 0 Å². The summed E-state index contributed by atoms with van der Waals surface area (Å²) in [5.41, 5.74) is 1.20. The van der Waals surface area contributed by atoms with Gasteiger partial charge < -0.3 is 10.1 Å². The van der Waals surface area contributed by atoms with Crippen LogP contribution in [-0.2, 0) is 9.53 Å². The van der Waals surface area contributed by atoms with E-state index >= 15 is 0 Å². The van der Waals surface area contributed by atoms with Gasteiger partial charge in [0, 0.05) is 16.6 Å². The minimum Gasteiger partial charge on any atom is -0.464 e. The highest BCUT2D eigenvalue weighted by atomic mass is 79.9. The zero-order valence-electron chi connectivity index (χ0n) is 14.8. The van der Waals surface area contributed by atoms with Crippen LogP contribution in [-0.4, -0.2) is 48.3 Å². The molecule has 3 rings (SSSR count). The van der Waals surface area contributed by atoms with Crippen LogP contribution in [0.1, 0.15) is 37.5 Å². The van der Waals surface area contributed by atoms with Crippen LogP contribution in [0.15, 0.2) is 53.0 Å². The fourth-order valence-corrected chi connectivity index (χ4v) is 3.19. The van der Waals surface area contributed by atoms with E-state index in [0.29, 0.717) is 23.1 Å². The molecule has 0 aliphatic carbocycles. The highest BCUT2D eigenvalue weighted by Crippen LogP contribution is 2.22. The van der Waals surface area contributed by atoms with Crippen molar-refractivity contribution in [2.75, 3.05) is 19.7 Å². The molecule has 0 saturated heterocycles. The number of ether oxygens (including phenoxy) is 1. The lowest BCUT2D eigenvalue weighted by molar-refractivity contribution is -0.142. The molecular weight excluding hydrogens is 428 g/mol. The number of carbonyl (C=O) groups is 4. The van der Waals surface area contributed by atoms with Crippen LogP contribution >= 0.6 is 15.9 Å². The Morgan fingerprint density at radius 1 is 1.00 bits per heavy atom. The number of imide groups is 1. The maximum Gasteiger partial charge on any atom is 0.325 e. The molecule has 8 heteroatoms. The normalized spacial score (nSPS) is 12.7. The molecule has 2 aromatic rings. The third-order valence-corrected chi connectivity index (χ3v) is 4.64. The van der Waals surface area contributed by atoms with E-state index in [0.717, 1.165) is 9.37 Å². The SMILES string of the molecule is O=C(CNC(=O)c1cccc(Br)c1)OCCCN1C(=O)c2ccccc2C1=O. The zero-order valence-corrected chi connectivity index (χ0v) is 16.4. The van der Waals surface area contributed by atoms with Crippen LogP contribution in [0.25, 0.3) is 0 Å². The van der Waals surface area contributed by atoms with Crippen molar-refractivity contribution in [2.45, 2.75) is 6.42 Å². The summed E-state index contributed by atoms with van der Waals surface area (Å²) in [7, 11) is 0. The van der Waals surface area contributed by atoms with Gasteiger partial charge in [-0.25, -0.2) is 0 Å². The first-order valence-corrected chi connectivity index (χ1v) is 9.41. The Labute approximate surface area is 169 Å². The number of nitrogens with zero attached hydrogens (tertiary/aromatic N) is 1. The van der Waals surface area contributed by atoms with E-state index in [1.165, 1.54) is 0 Å². The Morgan fingerprint density at radius 3 is 2.32 bits per heavy atom. The topological polar surface area (TPSA) is 92.8 Å². The lowest BCUT2D eigenvalue weighted by atomic mass is 10.1. The van der Waals surface area contributed by atoms with Gasteiger partial charge in [0.25, 0.3) is 17.7 Å². The third-order valence-electron chi connectivity index (χ3n) is 4.15. The number of amides is 3. The second kappa shape index (κ2) is 8.79. The maximum atomic E-state index is 12.2. The van der Waals surface area contributed by atoms with Gasteiger partial charge in [-0.05, 0) is 36.8 Å². The van der Waals surface area contributed by atoms with E-state index in [2.05, 4.69) is 21.2 Å². The highest BCUT2D eigenvalue weighted by Gasteiger charge is 2.34. The first-order valence-electron chi connectivity index (χ1n) is 8.62. The smallest absolute Gasteiger partial charge is 0.325 e. The van der Waals surface area contributed by atoms with Gasteiger partial charge in [0.1, 0.15) is 6.54 Å². The zero-order chi connectivity index (χ0) is 20.1. The lowest BCUT2D eigenvalue weighted by Crippen LogP contribution is -2.33. The monoisotopic (exact) mass is 444 g/mol. The molecule has 0 atom stereocenters. The molecule has 1 aliphatic heterocycles. The van der Waals surface area contributed by atoms with Gasteiger partial charge in [-0.15, -0.1) is 0 Å². The second-order valence-electron chi connectivity index (χ2n) is 6.07. The molecule has 0 spiro atoms. The quantitative estimate of drug-likeness (QED) is 0.402. The maximum absolute atomic E-state index is 12.2. The third kappa shape index (κ3) is 4.45. The summed E-state index contributed by atoms with van der Waals surface area (Å²) in [5.74, 6) is -1.66. The van der Waals surface area contributed by atoms with Crippen molar-refractivity contribution in [1.82, 2.24) is 10.2 Å². The number of fused-ring (bicyclic) bond motifs is 1. The van der Waals surface area contributed by atoms with Crippen molar-refractivity contribution in [2.24, 2.45) is 0 Å². The molecule has 0 radical (unpaired) electrons. The Morgan fingerprint density at radius 2 is 1.68 bits per heavy atom. The summed E-state index contributed by atoms with van der Waals surface area (Å²) in [4.78, 5) is 49.3. The van der Waals surface area contributed by atoms with E-state index in [9.17, 15) is 19.2 Å². The number of halogens is 1. The first kappa shape index (κ1) is 19.8. The molecule has 7 nitrogen and oxygen atoms in total. The molecule has 0 unspecified atom stereocenters. The van der Waals surface area contributed by atoms with Crippen molar-refractivity contribution in [1.29, 1.82) is 0 Å². The molecule has 0 bridgehead atoms. The standard InChI is InChI=1S/C20H17BrN2O5/c21-14-6-3-5-13(11-14)18(25)22-12-17(24)28-10-4-9-23-19(26)15-7-1-2-8-16(15)20(23)27/h1-3,5-8,11H,4,9-10,12H2,(H,22,25). The number of nitrogens with one attached hydrogen (secondary N) is 1. The summed E-state index contributed by atoms with van der Waals surface area (Å²) in [5, 5.41) is 2.48. The van der Waals surface area contributed by atoms with Crippen LogP contribution in [0.2, 0.25) is 0 Å². The Bertz CT molecular complexity index is 909. The van der Waals surface area contributed by atoms with Crippen LogP contribution in [0.4, 0.5) is 0 Å². The van der Waals surface area contributed by atoms with Crippen molar-refractivity contribution in [3.05, 3.63) is 69.7 Å². The minimum atomic E-state index is -0.592. The van der Waals surface area contributed by atoms with Gasteiger partial charge in [0.05, 0.1) is 17.7 Å². The van der Waals surface area contributed by atoms with E-state index < -0.39 is 5.97 Å². The first-order chi connectivity index (χ1) is 13.5. The summed E-state index contributed by atoms with van der Waals surface area (Å²) in [6, 6.07) is 13.4. The minimum absolute atomic E-state index is 0.0407. The van der Waals surface area contributed by atoms with E-state index in [4.69, 9.17) is 4.74 Å². The van der Waals surface area contributed by atoms with Gasteiger partial charge in [0.15, 0.2) is 0 Å². The average molecular weight is 445 g/mol. The number of carbonyl (C=O) groups excluding carboxylic acids is 4. The molecule has 144 valence electrons. The summed E-state index contributed by atoms with van der Waals surface area (Å²) < 4.78 is 5.81. The molecule has 2 aromatic carbocycles. The Kier molecular flexibility index (Phi) is 6.20. The lowest BCUT2D eigenvalue weighted by Gasteiger charge is -2.13. The highest BCUT2D eigenvalue weighted by molar-refractivity contribution is 9.10. The van der Waals surface area contributed by atoms with Crippen molar-refractivity contribution in [3.63, 3.8) is 0 Å². The number of rotatable bonds is 7. The predicted octanol–water partition coefficient (Wildman–Crippen LogP) is 2.41. The molecule has 3 amide bonds. The van der Waals surface area contributed by atoms with Gasteiger partial charge in [-0.3, -0.25) is 24.1 Å². The van der Waals surface area contributed by atoms with Crippen LogP contribution < -0.4 is 5.32 Å². The number of hydrogen-bond acceptors (Lipinski definition) is 5. The molecule has 1 aliphatic rings. The van der Waals surface area contributed by atoms with Crippen molar-refractivity contribution >= 4 is 39.6 Å². The van der Waals surface area contributed by atoms with Gasteiger partial charge in [0.2, 0.25) is 0 Å². The summed E-state index contributed by atoms with van der Waals surface area (Å²) in [6.07, 6.45) is 0.316. The van der Waals surface area contributed by atoms with Crippen LogP contribution in [0.5, 0.6) is 0 Å². The summed E-state index contributed by atoms with van der Waals surface area (Å²) in [6.45, 7) is -0.0681. The fraction of sp³-hybridized carbons (Fsp3) is 0.200. The molecule has 0 fully saturated rings. The van der Waals surface area contributed by atoms with E-state index in [-0.39, 0.29) is 37.4 Å². The largest absolute Gasteiger partial charge is 0.464 e. The Balaban J connectivity index is 1.39. The summed E-state index contributed by atoms with van der Waals surface area (Å²) >= 11 is 3.27. The fourth-order valence-electron chi connectivity index (χ4n) is 2.79. The number of hydrogen-bond donors (Lipinski definition) is 1.